The van der Waals surface area contributed by atoms with Crippen molar-refractivity contribution in [3.63, 3.8) is 0 Å². The molecule has 0 fully saturated rings. The van der Waals surface area contributed by atoms with Crippen molar-refractivity contribution < 1.29 is 13.6 Å². The van der Waals surface area contributed by atoms with E-state index in [1.54, 1.807) is 24.5 Å². The van der Waals surface area contributed by atoms with Crippen LogP contribution in [-0.4, -0.2) is 15.8 Å². The molecule has 0 saturated heterocycles. The maximum absolute atomic E-state index is 13.8. The first-order chi connectivity index (χ1) is 14.4. The Kier molecular flexibility index (Phi) is 4.35. The summed E-state index contributed by atoms with van der Waals surface area (Å²) in [6.07, 6.45) is 2.26. The lowest BCUT2D eigenvalue weighted by Gasteiger charge is -2.35. The number of ketones is 1. The third-order valence-electron chi connectivity index (χ3n) is 5.56. The number of fused-ring (bicyclic) bond motifs is 1. The molecule has 7 nitrogen and oxygen atoms in total. The van der Waals surface area contributed by atoms with Crippen LogP contribution >= 0.6 is 15.9 Å². The topological polar surface area (TPSA) is 108 Å². The van der Waals surface area contributed by atoms with E-state index < -0.39 is 23.0 Å². The average Bonchev–Trinajstić information content (AvgIpc) is 3.23. The number of H-pyrrole nitrogens is 2. The van der Waals surface area contributed by atoms with E-state index >= 15 is 0 Å². The monoisotopic (exact) mass is 471 g/mol. The SMILES string of the molecule is O=C1C[C@@H](c2ccco2)CC2=C1[C@H](c1ccc(F)c(Br)c1)c1c([nH]c(=O)[nH]c1=O)N2. The summed E-state index contributed by atoms with van der Waals surface area (Å²) >= 11 is 3.17. The van der Waals surface area contributed by atoms with Crippen LogP contribution in [0.3, 0.4) is 0 Å². The highest BCUT2D eigenvalue weighted by molar-refractivity contribution is 9.10. The minimum atomic E-state index is -0.737. The van der Waals surface area contributed by atoms with Gasteiger partial charge in [-0.1, -0.05) is 6.07 Å². The van der Waals surface area contributed by atoms with Crippen molar-refractivity contribution in [2.45, 2.75) is 24.7 Å². The Bertz CT molecular complexity index is 1320. The fourth-order valence-corrected chi connectivity index (χ4v) is 4.70. The smallest absolute Gasteiger partial charge is 0.327 e. The molecule has 9 heteroatoms. The first kappa shape index (κ1) is 18.8. The fraction of sp³-hybridized carbons (Fsp3) is 0.190. The highest BCUT2D eigenvalue weighted by Crippen LogP contribution is 2.46. The minimum absolute atomic E-state index is 0.133. The van der Waals surface area contributed by atoms with Crippen LogP contribution < -0.4 is 16.6 Å². The van der Waals surface area contributed by atoms with E-state index in [0.717, 1.165) is 0 Å². The number of hydrogen-bond acceptors (Lipinski definition) is 5. The van der Waals surface area contributed by atoms with Crippen molar-refractivity contribution in [2.75, 3.05) is 5.32 Å². The van der Waals surface area contributed by atoms with Gasteiger partial charge in [-0.2, -0.15) is 0 Å². The summed E-state index contributed by atoms with van der Waals surface area (Å²) in [6, 6.07) is 7.96. The van der Waals surface area contributed by atoms with Gasteiger partial charge in [-0.05, 0) is 52.2 Å². The zero-order valence-electron chi connectivity index (χ0n) is 15.4. The van der Waals surface area contributed by atoms with Crippen LogP contribution in [0.1, 0.15) is 41.6 Å². The molecule has 2 atom stereocenters. The lowest BCUT2D eigenvalue weighted by molar-refractivity contribution is -0.116. The molecule has 3 aromatic rings. The number of allylic oxidation sites excluding steroid dienone is 2. The van der Waals surface area contributed by atoms with E-state index in [-0.39, 0.29) is 34.0 Å². The molecule has 0 radical (unpaired) electrons. The molecule has 0 spiro atoms. The Morgan fingerprint density at radius 3 is 2.67 bits per heavy atom. The summed E-state index contributed by atoms with van der Waals surface area (Å²) in [7, 11) is 0. The number of anilines is 1. The number of benzene rings is 1. The first-order valence-electron chi connectivity index (χ1n) is 9.30. The van der Waals surface area contributed by atoms with Crippen LogP contribution in [0, 0.1) is 5.82 Å². The van der Waals surface area contributed by atoms with E-state index in [2.05, 4.69) is 31.2 Å². The average molecular weight is 472 g/mol. The largest absolute Gasteiger partial charge is 0.469 e. The lowest BCUT2D eigenvalue weighted by Crippen LogP contribution is -2.37. The molecular weight excluding hydrogens is 457 g/mol. The minimum Gasteiger partial charge on any atom is -0.469 e. The Hall–Kier alpha value is -3.20. The summed E-state index contributed by atoms with van der Waals surface area (Å²) in [5.41, 5.74) is 0.601. The Morgan fingerprint density at radius 1 is 1.10 bits per heavy atom. The highest BCUT2D eigenvalue weighted by atomic mass is 79.9. The number of carbonyl (C=O) groups is 1. The van der Waals surface area contributed by atoms with Crippen LogP contribution in [0.2, 0.25) is 0 Å². The Balaban J connectivity index is 1.72. The maximum Gasteiger partial charge on any atom is 0.327 e. The van der Waals surface area contributed by atoms with Crippen LogP contribution in [0.25, 0.3) is 0 Å². The van der Waals surface area contributed by atoms with Gasteiger partial charge in [0.25, 0.3) is 5.56 Å². The molecule has 152 valence electrons. The molecule has 1 aliphatic carbocycles. The Morgan fingerprint density at radius 2 is 1.93 bits per heavy atom. The van der Waals surface area contributed by atoms with Crippen molar-refractivity contribution in [1.29, 1.82) is 0 Å². The second-order valence-corrected chi connectivity index (χ2v) is 8.22. The van der Waals surface area contributed by atoms with Gasteiger partial charge in [-0.15, -0.1) is 0 Å². The van der Waals surface area contributed by atoms with E-state index in [1.807, 2.05) is 6.07 Å². The normalized spacial score (nSPS) is 20.5. The zero-order valence-corrected chi connectivity index (χ0v) is 17.0. The molecule has 1 aliphatic heterocycles. The predicted molar refractivity (Wildman–Crippen MR) is 110 cm³/mol. The molecular formula is C21H15BrFN3O4. The number of nitrogens with one attached hydrogen (secondary N) is 3. The Labute approximate surface area is 177 Å². The van der Waals surface area contributed by atoms with Crippen molar-refractivity contribution in [3.8, 4) is 0 Å². The van der Waals surface area contributed by atoms with Gasteiger partial charge < -0.3 is 9.73 Å². The summed E-state index contributed by atoms with van der Waals surface area (Å²) in [6.45, 7) is 0. The van der Waals surface area contributed by atoms with Gasteiger partial charge in [0.05, 0.1) is 16.3 Å². The molecule has 5 rings (SSSR count). The van der Waals surface area contributed by atoms with Gasteiger partial charge in [-0.25, -0.2) is 9.18 Å². The van der Waals surface area contributed by atoms with Crippen molar-refractivity contribution in [2.24, 2.45) is 0 Å². The molecule has 0 bridgehead atoms. The molecule has 30 heavy (non-hydrogen) atoms. The summed E-state index contributed by atoms with van der Waals surface area (Å²) < 4.78 is 19.6. The van der Waals surface area contributed by atoms with Crippen LogP contribution in [-0.2, 0) is 4.79 Å². The van der Waals surface area contributed by atoms with E-state index in [0.29, 0.717) is 29.0 Å². The third-order valence-corrected chi connectivity index (χ3v) is 6.17. The molecule has 0 saturated carbocycles. The van der Waals surface area contributed by atoms with Crippen LogP contribution in [0.15, 0.2) is 66.3 Å². The summed E-state index contributed by atoms with van der Waals surface area (Å²) in [4.78, 5) is 42.7. The number of rotatable bonds is 2. The molecule has 0 unspecified atom stereocenters. The van der Waals surface area contributed by atoms with E-state index in [1.165, 1.54) is 6.07 Å². The number of aromatic amines is 2. The summed E-state index contributed by atoms with van der Waals surface area (Å²) in [5.74, 6) is -0.547. The van der Waals surface area contributed by atoms with E-state index in [9.17, 15) is 18.8 Å². The maximum atomic E-state index is 13.8. The quantitative estimate of drug-likeness (QED) is 0.529. The summed E-state index contributed by atoms with van der Waals surface area (Å²) in [5, 5.41) is 3.08. The lowest BCUT2D eigenvalue weighted by atomic mass is 9.73. The number of aromatic nitrogens is 2. The van der Waals surface area contributed by atoms with E-state index in [4.69, 9.17) is 4.42 Å². The molecule has 1 aromatic carbocycles. The second kappa shape index (κ2) is 6.94. The molecule has 3 N–H and O–H groups in total. The van der Waals surface area contributed by atoms with Gasteiger partial charge >= 0.3 is 5.69 Å². The van der Waals surface area contributed by atoms with Gasteiger partial charge in [0.15, 0.2) is 5.78 Å². The number of hydrogen-bond donors (Lipinski definition) is 3. The van der Waals surface area contributed by atoms with Crippen LogP contribution in [0.4, 0.5) is 10.2 Å². The first-order valence-corrected chi connectivity index (χ1v) is 10.1. The molecule has 2 aliphatic rings. The van der Waals surface area contributed by atoms with Gasteiger partial charge in [0.1, 0.15) is 17.4 Å². The fourth-order valence-electron chi connectivity index (χ4n) is 4.30. The van der Waals surface area contributed by atoms with Crippen molar-refractivity contribution in [1.82, 2.24) is 9.97 Å². The predicted octanol–water partition coefficient (Wildman–Crippen LogP) is 3.52. The zero-order chi connectivity index (χ0) is 21.0. The number of furan rings is 1. The molecule has 0 amide bonds. The highest BCUT2D eigenvalue weighted by Gasteiger charge is 2.40. The van der Waals surface area contributed by atoms with Gasteiger partial charge in [0, 0.05) is 29.5 Å². The van der Waals surface area contributed by atoms with Gasteiger partial charge in [-0.3, -0.25) is 19.6 Å². The third kappa shape index (κ3) is 2.97. The van der Waals surface area contributed by atoms with Crippen molar-refractivity contribution in [3.05, 3.63) is 95.9 Å². The van der Waals surface area contributed by atoms with Gasteiger partial charge in [0.2, 0.25) is 0 Å². The number of Topliss-reactive ketones (excluding diaryl/α,β-unsaturated/α-hetero) is 1. The molecule has 3 heterocycles. The second-order valence-electron chi connectivity index (χ2n) is 7.36. The number of carbonyl (C=O) groups excluding carboxylic acids is 1. The van der Waals surface area contributed by atoms with Crippen LogP contribution in [0.5, 0.6) is 0 Å². The molecule has 2 aromatic heterocycles. The number of halogens is 2. The standard InChI is InChI=1S/C21H15BrFN3O4/c22-11-6-9(3-4-12(11)23)16-17-13(24-19-18(16)20(28)26-21(29)25-19)7-10(8-14(17)27)15-2-1-5-30-15/h1-6,10,16H,7-8H2,(H3,24,25,26,28,29)/t10-,16-/m0/s1. The van der Waals surface area contributed by atoms with Crippen molar-refractivity contribution >= 4 is 27.5 Å².